The number of halogens is 1. The number of nitrogens with zero attached hydrogens (tertiary/aromatic N) is 8. The Balaban J connectivity index is 1.73. The second kappa shape index (κ2) is 6.47. The van der Waals surface area contributed by atoms with Crippen LogP contribution in [-0.4, -0.2) is 34.6 Å². The number of rotatable bonds is 2. The van der Waals surface area contributed by atoms with Crippen LogP contribution in [0.15, 0.2) is 64.1 Å². The van der Waals surface area contributed by atoms with Gasteiger partial charge in [-0.2, -0.15) is 4.99 Å². The fourth-order valence-electron chi connectivity index (χ4n) is 3.17. The van der Waals surface area contributed by atoms with Gasteiger partial charge in [0.15, 0.2) is 5.49 Å². The monoisotopic (exact) mass is 388 g/mol. The molecule has 0 saturated carbocycles. The maximum atomic E-state index is 13.7. The largest absolute Gasteiger partial charge is 0.330 e. The summed E-state index contributed by atoms with van der Waals surface area (Å²) in [5.41, 5.74) is 4.81. The Kier molecular flexibility index (Phi) is 3.78. The van der Waals surface area contributed by atoms with Crippen molar-refractivity contribution in [3.63, 3.8) is 0 Å². The molecule has 0 fully saturated rings. The molecule has 142 valence electrons. The average Bonchev–Trinajstić information content (AvgIpc) is 3.13. The summed E-state index contributed by atoms with van der Waals surface area (Å²) in [7, 11) is 1.64. The van der Waals surface area contributed by atoms with Crippen LogP contribution in [0.25, 0.3) is 16.8 Å². The molecule has 5 rings (SSSR count). The second-order valence-electron chi connectivity index (χ2n) is 6.36. The number of benzene rings is 1. The molecule has 0 aliphatic carbocycles. The third-order valence-electron chi connectivity index (χ3n) is 4.57. The molecule has 0 amide bonds. The van der Waals surface area contributed by atoms with E-state index in [4.69, 9.17) is 0 Å². The van der Waals surface area contributed by atoms with E-state index in [0.29, 0.717) is 27.6 Å². The summed E-state index contributed by atoms with van der Waals surface area (Å²) in [5, 5.41) is 0.480. The smallest absolute Gasteiger partial charge is 0.287 e. The van der Waals surface area contributed by atoms with Gasteiger partial charge in [0.2, 0.25) is 5.96 Å². The van der Waals surface area contributed by atoms with E-state index >= 15 is 0 Å². The van der Waals surface area contributed by atoms with Crippen molar-refractivity contribution in [2.24, 2.45) is 17.0 Å². The molecule has 1 aliphatic rings. The molecule has 0 atom stereocenters. The van der Waals surface area contributed by atoms with Crippen molar-refractivity contribution in [3.05, 3.63) is 82.1 Å². The number of hydrogen-bond acceptors (Lipinski definition) is 6. The highest BCUT2D eigenvalue weighted by Crippen LogP contribution is 2.14. The van der Waals surface area contributed by atoms with Crippen molar-refractivity contribution >= 4 is 22.7 Å². The van der Waals surface area contributed by atoms with Crippen molar-refractivity contribution in [3.8, 4) is 0 Å². The Morgan fingerprint density at radius 1 is 1.21 bits per heavy atom. The van der Waals surface area contributed by atoms with Crippen molar-refractivity contribution in [2.45, 2.75) is 6.54 Å². The molecule has 0 N–H and O–H groups in total. The predicted octanol–water partition coefficient (Wildman–Crippen LogP) is -0.0555. The number of aliphatic imine (C=N–C) groups is 1. The summed E-state index contributed by atoms with van der Waals surface area (Å²) in [6, 6.07) is 4.28. The summed E-state index contributed by atoms with van der Waals surface area (Å²) in [6.45, 7) is 0.188. The van der Waals surface area contributed by atoms with E-state index in [0.717, 1.165) is 0 Å². The first-order chi connectivity index (χ1) is 14.1. The van der Waals surface area contributed by atoms with Gasteiger partial charge in [0, 0.05) is 25.5 Å². The highest BCUT2D eigenvalue weighted by Gasteiger charge is 2.14. The van der Waals surface area contributed by atoms with Gasteiger partial charge in [0.25, 0.3) is 0 Å². The third-order valence-corrected chi connectivity index (χ3v) is 4.57. The standard InChI is InChI=1S/C19H13FN8O/c1-26-15-4-5-23-18(28-11-24-14-3-2-12(20)8-16(14)28)25-17(15)27(19(26)29)10-13-9-21-6-7-22-13/h2-3,5-9,11H,10H2,1H3. The first kappa shape index (κ1) is 17.0. The van der Waals surface area contributed by atoms with Crippen molar-refractivity contribution in [1.82, 2.24) is 28.7 Å². The molecular formula is C19H13FN8O. The Bertz CT molecular complexity index is 1500. The van der Waals surface area contributed by atoms with E-state index in [1.54, 1.807) is 36.3 Å². The maximum absolute atomic E-state index is 13.7. The fourth-order valence-corrected chi connectivity index (χ4v) is 3.17. The minimum atomic E-state index is -0.393. The topological polar surface area (TPSA) is 95.2 Å². The number of aromatic nitrogens is 6. The molecule has 3 aromatic heterocycles. The lowest BCUT2D eigenvalue weighted by Gasteiger charge is -2.03. The van der Waals surface area contributed by atoms with Crippen molar-refractivity contribution in [2.75, 3.05) is 0 Å². The summed E-state index contributed by atoms with van der Waals surface area (Å²) in [6.07, 6.45) is 7.65. The molecule has 0 unspecified atom stereocenters. The lowest BCUT2D eigenvalue weighted by molar-refractivity contribution is 0.629. The molecule has 1 aliphatic heterocycles. The average molecular weight is 388 g/mol. The van der Waals surface area contributed by atoms with E-state index in [-0.39, 0.29) is 18.2 Å². The van der Waals surface area contributed by atoms with Gasteiger partial charge in [-0.1, -0.05) is 5.73 Å². The Labute approximate surface area is 162 Å². The van der Waals surface area contributed by atoms with E-state index in [9.17, 15) is 9.18 Å². The summed E-state index contributed by atoms with van der Waals surface area (Å²) in [5.74, 6) is -0.154. The quantitative estimate of drug-likeness (QED) is 0.481. The molecule has 1 aromatic carbocycles. The molecule has 0 saturated heterocycles. The van der Waals surface area contributed by atoms with Crippen LogP contribution in [0, 0.1) is 5.82 Å². The third kappa shape index (κ3) is 2.79. The summed E-state index contributed by atoms with van der Waals surface area (Å²) >= 11 is 0. The van der Waals surface area contributed by atoms with E-state index in [2.05, 4.69) is 30.7 Å². The molecule has 4 heterocycles. The van der Waals surface area contributed by atoms with Crippen LogP contribution in [0.1, 0.15) is 5.69 Å². The van der Waals surface area contributed by atoms with Crippen LogP contribution in [0.5, 0.6) is 0 Å². The molecule has 4 aromatic rings. The summed E-state index contributed by atoms with van der Waals surface area (Å²) in [4.78, 5) is 34.2. The zero-order chi connectivity index (χ0) is 20.0. The number of imidazole rings is 2. The summed E-state index contributed by atoms with van der Waals surface area (Å²) < 4.78 is 18.2. The van der Waals surface area contributed by atoms with E-state index in [1.165, 1.54) is 33.8 Å². The lowest BCUT2D eigenvalue weighted by atomic mass is 10.3. The van der Waals surface area contributed by atoms with E-state index < -0.39 is 5.82 Å². The minimum Gasteiger partial charge on any atom is -0.287 e. The van der Waals surface area contributed by atoms with Crippen LogP contribution in [0.2, 0.25) is 0 Å². The number of fused-ring (bicyclic) bond motifs is 2. The van der Waals surface area contributed by atoms with Crippen LogP contribution < -0.4 is 16.5 Å². The molecular weight excluding hydrogens is 375 g/mol. The van der Waals surface area contributed by atoms with Gasteiger partial charge in [0.05, 0.1) is 35.7 Å². The van der Waals surface area contributed by atoms with Gasteiger partial charge in [-0.3, -0.25) is 23.7 Å². The molecule has 29 heavy (non-hydrogen) atoms. The highest BCUT2D eigenvalue weighted by molar-refractivity contribution is 5.93. The normalized spacial score (nSPS) is 12.8. The predicted molar refractivity (Wildman–Crippen MR) is 102 cm³/mol. The highest BCUT2D eigenvalue weighted by atomic mass is 19.1. The van der Waals surface area contributed by atoms with Gasteiger partial charge in [-0.25, -0.2) is 19.2 Å². The van der Waals surface area contributed by atoms with Gasteiger partial charge >= 0.3 is 5.69 Å². The molecule has 10 heteroatoms. The van der Waals surface area contributed by atoms with Crippen LogP contribution in [0.4, 0.5) is 4.39 Å². The van der Waals surface area contributed by atoms with Crippen molar-refractivity contribution in [1.29, 1.82) is 0 Å². The first-order valence-electron chi connectivity index (χ1n) is 8.67. The number of hydrogen-bond donors (Lipinski definition) is 0. The molecule has 0 spiro atoms. The first-order valence-corrected chi connectivity index (χ1v) is 8.67. The lowest BCUT2D eigenvalue weighted by Crippen LogP contribution is -2.34. The van der Waals surface area contributed by atoms with Crippen LogP contribution in [-0.2, 0) is 13.6 Å². The zero-order valence-electron chi connectivity index (χ0n) is 15.2. The Morgan fingerprint density at radius 2 is 2.10 bits per heavy atom. The Hall–Kier alpha value is -4.17. The SMILES string of the molecule is Cn1c2c(n(Cc3cnccn3)c1=O)=NC(n1cnc3ccc(F)cc31)=NC=C=2. The van der Waals surface area contributed by atoms with E-state index in [1.807, 2.05) is 0 Å². The molecule has 0 bridgehead atoms. The Morgan fingerprint density at radius 3 is 2.93 bits per heavy atom. The maximum Gasteiger partial charge on any atom is 0.330 e. The van der Waals surface area contributed by atoms with Crippen LogP contribution in [0.3, 0.4) is 0 Å². The van der Waals surface area contributed by atoms with Crippen LogP contribution >= 0.6 is 0 Å². The van der Waals surface area contributed by atoms with Gasteiger partial charge in [-0.05, 0) is 12.1 Å². The van der Waals surface area contributed by atoms with Gasteiger partial charge in [-0.15, -0.1) is 0 Å². The zero-order valence-corrected chi connectivity index (χ0v) is 15.2. The van der Waals surface area contributed by atoms with Crippen molar-refractivity contribution < 1.29 is 4.39 Å². The second-order valence-corrected chi connectivity index (χ2v) is 6.36. The fraction of sp³-hybridized carbons (Fsp3) is 0.105. The molecule has 9 nitrogen and oxygen atoms in total. The molecule has 0 radical (unpaired) electrons. The van der Waals surface area contributed by atoms with Gasteiger partial charge in [0.1, 0.15) is 17.5 Å². The van der Waals surface area contributed by atoms with Gasteiger partial charge < -0.3 is 0 Å². The minimum absolute atomic E-state index is 0.188.